The lowest BCUT2D eigenvalue weighted by molar-refractivity contribution is -0.0175. The Morgan fingerprint density at radius 3 is 2.39 bits per heavy atom. The second kappa shape index (κ2) is 8.18. The maximum absolute atomic E-state index is 12.8. The smallest absolute Gasteiger partial charge is 0.243 e. The topological polar surface area (TPSA) is 59.1 Å². The van der Waals surface area contributed by atoms with Gasteiger partial charge in [-0.25, -0.2) is 8.42 Å². The lowest BCUT2D eigenvalue weighted by Gasteiger charge is -2.34. The van der Waals surface area contributed by atoms with E-state index in [4.69, 9.17) is 32.7 Å². The highest BCUT2D eigenvalue weighted by atomic mass is 35.5. The van der Waals surface area contributed by atoms with Crippen molar-refractivity contribution < 1.29 is 17.9 Å². The highest BCUT2D eigenvalue weighted by Crippen LogP contribution is 2.32. The second-order valence-corrected chi connectivity index (χ2v) is 9.61. The number of hydrogen-bond acceptors (Lipinski definition) is 5. The standard InChI is InChI=1S/C19H20Cl2N2O4S/c20-16-1-3-18(4-2-16)28(24,25)23-7-5-22(6-8-23)11-14-9-17(21)10-15-12-26-13-27-19(14)15/h1-4,9-10H,5-8,11-13H2. The van der Waals surface area contributed by atoms with E-state index in [0.717, 1.165) is 16.9 Å². The van der Waals surface area contributed by atoms with Crippen LogP contribution in [-0.2, 0) is 27.9 Å². The summed E-state index contributed by atoms with van der Waals surface area (Å²) < 4.78 is 38.1. The van der Waals surface area contributed by atoms with E-state index in [2.05, 4.69) is 4.90 Å². The van der Waals surface area contributed by atoms with Gasteiger partial charge in [0.15, 0.2) is 6.79 Å². The van der Waals surface area contributed by atoms with Crippen LogP contribution in [0.2, 0.25) is 10.0 Å². The van der Waals surface area contributed by atoms with Crippen LogP contribution in [0.3, 0.4) is 0 Å². The van der Waals surface area contributed by atoms with Crippen molar-refractivity contribution >= 4 is 33.2 Å². The van der Waals surface area contributed by atoms with E-state index in [0.29, 0.717) is 49.4 Å². The predicted molar refractivity (Wildman–Crippen MR) is 107 cm³/mol. The van der Waals surface area contributed by atoms with Crippen LogP contribution in [0, 0.1) is 0 Å². The van der Waals surface area contributed by atoms with Crippen LogP contribution in [0.4, 0.5) is 0 Å². The largest absolute Gasteiger partial charge is 0.467 e. The lowest BCUT2D eigenvalue weighted by atomic mass is 10.1. The van der Waals surface area contributed by atoms with Crippen LogP contribution in [-0.4, -0.2) is 50.6 Å². The Hall–Kier alpha value is -1.35. The fourth-order valence-electron chi connectivity index (χ4n) is 3.50. The maximum atomic E-state index is 12.8. The van der Waals surface area contributed by atoms with E-state index in [1.165, 1.54) is 4.31 Å². The SMILES string of the molecule is O=S(=O)(c1ccc(Cl)cc1)N1CCN(Cc2cc(Cl)cc3c2OCOC3)CC1. The molecule has 1 saturated heterocycles. The summed E-state index contributed by atoms with van der Waals surface area (Å²) in [5.74, 6) is 0.826. The molecule has 6 nitrogen and oxygen atoms in total. The molecule has 150 valence electrons. The zero-order valence-electron chi connectivity index (χ0n) is 15.1. The molecule has 0 saturated carbocycles. The van der Waals surface area contributed by atoms with E-state index in [1.807, 2.05) is 12.1 Å². The first-order valence-corrected chi connectivity index (χ1v) is 11.1. The Kier molecular flexibility index (Phi) is 5.83. The number of hydrogen-bond donors (Lipinski definition) is 0. The number of fused-ring (bicyclic) bond motifs is 1. The van der Waals surface area contributed by atoms with Crippen LogP contribution >= 0.6 is 23.2 Å². The molecule has 0 amide bonds. The number of piperazine rings is 1. The monoisotopic (exact) mass is 442 g/mol. The van der Waals surface area contributed by atoms with E-state index in [1.54, 1.807) is 24.3 Å². The van der Waals surface area contributed by atoms with Crippen LogP contribution in [0.25, 0.3) is 0 Å². The summed E-state index contributed by atoms with van der Waals surface area (Å²) in [6.07, 6.45) is 0. The highest BCUT2D eigenvalue weighted by Gasteiger charge is 2.29. The molecule has 0 spiro atoms. The summed E-state index contributed by atoms with van der Waals surface area (Å²) in [7, 11) is -3.51. The molecule has 0 aliphatic carbocycles. The summed E-state index contributed by atoms with van der Waals surface area (Å²) >= 11 is 12.1. The third kappa shape index (κ3) is 4.15. The Labute approximate surface area is 174 Å². The molecular formula is C19H20Cl2N2O4S. The zero-order chi connectivity index (χ0) is 19.7. The van der Waals surface area contributed by atoms with Crippen molar-refractivity contribution in [3.05, 3.63) is 57.6 Å². The lowest BCUT2D eigenvalue weighted by Crippen LogP contribution is -2.48. The molecule has 2 aliphatic heterocycles. The molecule has 0 aromatic heterocycles. The molecule has 2 aromatic rings. The molecule has 1 fully saturated rings. The van der Waals surface area contributed by atoms with Gasteiger partial charge in [-0.3, -0.25) is 4.90 Å². The van der Waals surface area contributed by atoms with Gasteiger partial charge in [-0.1, -0.05) is 23.2 Å². The molecule has 0 N–H and O–H groups in total. The van der Waals surface area contributed by atoms with Gasteiger partial charge in [0.25, 0.3) is 0 Å². The number of sulfonamides is 1. The minimum absolute atomic E-state index is 0.231. The first-order valence-electron chi connectivity index (χ1n) is 8.93. The predicted octanol–water partition coefficient (Wildman–Crippen LogP) is 3.37. The van der Waals surface area contributed by atoms with Crippen molar-refractivity contribution in [1.82, 2.24) is 9.21 Å². The minimum Gasteiger partial charge on any atom is -0.467 e. The van der Waals surface area contributed by atoms with E-state index in [-0.39, 0.29) is 11.7 Å². The molecule has 2 aromatic carbocycles. The van der Waals surface area contributed by atoms with Crippen LogP contribution in [0.5, 0.6) is 5.75 Å². The molecule has 2 aliphatic rings. The Morgan fingerprint density at radius 2 is 1.68 bits per heavy atom. The van der Waals surface area contributed by atoms with Gasteiger partial charge >= 0.3 is 0 Å². The normalized spacial score (nSPS) is 18.5. The third-order valence-corrected chi connectivity index (χ3v) is 7.31. The molecule has 9 heteroatoms. The summed E-state index contributed by atoms with van der Waals surface area (Å²) in [6, 6.07) is 10.0. The summed E-state index contributed by atoms with van der Waals surface area (Å²) in [5, 5.41) is 1.16. The number of benzene rings is 2. The molecule has 28 heavy (non-hydrogen) atoms. The van der Waals surface area contributed by atoms with Gasteiger partial charge in [-0.15, -0.1) is 0 Å². The van der Waals surface area contributed by atoms with Crippen molar-refractivity contribution in [3.8, 4) is 5.75 Å². The van der Waals surface area contributed by atoms with E-state index < -0.39 is 10.0 Å². The number of ether oxygens (including phenoxy) is 2. The van der Waals surface area contributed by atoms with Crippen molar-refractivity contribution in [2.45, 2.75) is 18.0 Å². The van der Waals surface area contributed by atoms with Gasteiger partial charge < -0.3 is 9.47 Å². The first kappa shape index (κ1) is 19.9. The summed E-state index contributed by atoms with van der Waals surface area (Å²) in [5.41, 5.74) is 1.94. The number of nitrogens with zero attached hydrogens (tertiary/aromatic N) is 2. The molecular weight excluding hydrogens is 423 g/mol. The van der Waals surface area contributed by atoms with E-state index in [9.17, 15) is 8.42 Å². The van der Waals surface area contributed by atoms with Crippen LogP contribution in [0.15, 0.2) is 41.3 Å². The van der Waals surface area contributed by atoms with Gasteiger partial charge in [-0.2, -0.15) is 4.31 Å². The average molecular weight is 443 g/mol. The molecule has 0 atom stereocenters. The van der Waals surface area contributed by atoms with Gasteiger partial charge in [0.1, 0.15) is 5.75 Å². The fourth-order valence-corrected chi connectivity index (χ4v) is 5.31. The molecule has 4 rings (SSSR count). The fraction of sp³-hybridized carbons (Fsp3) is 0.368. The first-order chi connectivity index (χ1) is 13.4. The van der Waals surface area contributed by atoms with Crippen molar-refractivity contribution in [3.63, 3.8) is 0 Å². The molecule has 2 heterocycles. The molecule has 0 bridgehead atoms. The average Bonchev–Trinajstić information content (AvgIpc) is 2.68. The Bertz CT molecular complexity index is 959. The third-order valence-electron chi connectivity index (χ3n) is 4.93. The van der Waals surface area contributed by atoms with Crippen LogP contribution in [0.1, 0.15) is 11.1 Å². The minimum atomic E-state index is -3.51. The van der Waals surface area contributed by atoms with Gasteiger partial charge in [-0.05, 0) is 36.4 Å². The van der Waals surface area contributed by atoms with Crippen molar-refractivity contribution in [2.24, 2.45) is 0 Å². The van der Waals surface area contributed by atoms with Crippen molar-refractivity contribution in [2.75, 3.05) is 33.0 Å². The zero-order valence-corrected chi connectivity index (χ0v) is 17.4. The van der Waals surface area contributed by atoms with E-state index >= 15 is 0 Å². The quantitative estimate of drug-likeness (QED) is 0.726. The second-order valence-electron chi connectivity index (χ2n) is 6.80. The molecule has 0 radical (unpaired) electrons. The van der Waals surface area contributed by atoms with Gasteiger partial charge in [0, 0.05) is 53.9 Å². The summed E-state index contributed by atoms with van der Waals surface area (Å²) in [6.45, 7) is 3.48. The maximum Gasteiger partial charge on any atom is 0.243 e. The number of rotatable bonds is 4. The molecule has 0 unspecified atom stereocenters. The van der Waals surface area contributed by atoms with Gasteiger partial charge in [0.05, 0.1) is 11.5 Å². The van der Waals surface area contributed by atoms with Crippen molar-refractivity contribution in [1.29, 1.82) is 0 Å². The Balaban J connectivity index is 1.44. The highest BCUT2D eigenvalue weighted by molar-refractivity contribution is 7.89. The Morgan fingerprint density at radius 1 is 0.964 bits per heavy atom. The summed E-state index contributed by atoms with van der Waals surface area (Å²) in [4.78, 5) is 2.47. The van der Waals surface area contributed by atoms with Gasteiger partial charge in [0.2, 0.25) is 10.0 Å². The van der Waals surface area contributed by atoms with Crippen LogP contribution < -0.4 is 4.74 Å². The number of halogens is 2.